The number of carbonyl (C=O) groups is 3. The van der Waals surface area contributed by atoms with E-state index in [1.807, 2.05) is 24.3 Å². The molecular weight excluding hydrogens is 424 g/mol. The summed E-state index contributed by atoms with van der Waals surface area (Å²) in [5.41, 5.74) is 0.486. The molecule has 1 aromatic carbocycles. The fraction of sp³-hybridized carbons (Fsp3) is 0.571. The standard InChI is InChI=1S/C21H27BrN2O4/c1-3-28-19(26)15-6-5-11-24(13-15)18(25)14-23(2)20(27)21(9-10-21)16-7-4-8-17(22)12-16/h4,7-8,12,15H,3,5-6,9-11,13-14H2,1-2H3. The van der Waals surface area contributed by atoms with Gasteiger partial charge in [0.25, 0.3) is 0 Å². The third-order valence-corrected chi connectivity index (χ3v) is 6.14. The minimum absolute atomic E-state index is 0.0158. The Morgan fingerprint density at radius 2 is 2.07 bits per heavy atom. The summed E-state index contributed by atoms with van der Waals surface area (Å²) in [4.78, 5) is 41.0. The molecule has 152 valence electrons. The Morgan fingerprint density at radius 1 is 1.32 bits per heavy atom. The van der Waals surface area contributed by atoms with Gasteiger partial charge in [0.05, 0.1) is 24.5 Å². The monoisotopic (exact) mass is 450 g/mol. The van der Waals surface area contributed by atoms with Crippen LogP contribution in [0, 0.1) is 5.92 Å². The van der Waals surface area contributed by atoms with Crippen LogP contribution in [0.25, 0.3) is 0 Å². The van der Waals surface area contributed by atoms with Gasteiger partial charge in [0.1, 0.15) is 0 Å². The number of rotatable bonds is 6. The summed E-state index contributed by atoms with van der Waals surface area (Å²) in [6, 6.07) is 7.82. The Balaban J connectivity index is 1.61. The molecule has 28 heavy (non-hydrogen) atoms. The Bertz CT molecular complexity index is 763. The van der Waals surface area contributed by atoms with Crippen LogP contribution in [0.15, 0.2) is 28.7 Å². The van der Waals surface area contributed by atoms with Gasteiger partial charge in [-0.1, -0.05) is 28.1 Å². The van der Waals surface area contributed by atoms with Crippen LogP contribution in [0.3, 0.4) is 0 Å². The highest BCUT2D eigenvalue weighted by Crippen LogP contribution is 2.49. The van der Waals surface area contributed by atoms with Gasteiger partial charge in [-0.2, -0.15) is 0 Å². The molecule has 2 aliphatic rings. The van der Waals surface area contributed by atoms with Crippen molar-refractivity contribution in [3.8, 4) is 0 Å². The molecule has 7 heteroatoms. The third kappa shape index (κ3) is 4.40. The normalized spacial score (nSPS) is 20.4. The van der Waals surface area contributed by atoms with E-state index in [4.69, 9.17) is 4.74 Å². The molecule has 2 amide bonds. The lowest BCUT2D eigenvalue weighted by Gasteiger charge is -2.33. The second kappa shape index (κ2) is 8.64. The molecule has 0 bridgehead atoms. The average Bonchev–Trinajstić information content (AvgIpc) is 3.49. The van der Waals surface area contributed by atoms with Crippen molar-refractivity contribution in [1.82, 2.24) is 9.80 Å². The number of esters is 1. The number of hydrogen-bond donors (Lipinski definition) is 0. The summed E-state index contributed by atoms with van der Waals surface area (Å²) in [6.07, 6.45) is 3.11. The zero-order valence-electron chi connectivity index (χ0n) is 16.4. The van der Waals surface area contributed by atoms with Crippen molar-refractivity contribution in [2.24, 2.45) is 5.92 Å². The summed E-state index contributed by atoms with van der Waals surface area (Å²) < 4.78 is 6.04. The lowest BCUT2D eigenvalue weighted by Crippen LogP contribution is -2.48. The molecule has 0 aromatic heterocycles. The van der Waals surface area contributed by atoms with Gasteiger partial charge in [-0.05, 0) is 50.3 Å². The molecule has 0 spiro atoms. The molecule has 1 aliphatic heterocycles. The van der Waals surface area contributed by atoms with Crippen LogP contribution in [0.5, 0.6) is 0 Å². The van der Waals surface area contributed by atoms with Crippen LogP contribution in [-0.4, -0.2) is 60.9 Å². The van der Waals surface area contributed by atoms with Crippen LogP contribution in [0.2, 0.25) is 0 Å². The maximum absolute atomic E-state index is 13.1. The van der Waals surface area contributed by atoms with Crippen LogP contribution < -0.4 is 0 Å². The van der Waals surface area contributed by atoms with Gasteiger partial charge in [-0.15, -0.1) is 0 Å². The number of piperidine rings is 1. The highest BCUT2D eigenvalue weighted by molar-refractivity contribution is 9.10. The van der Waals surface area contributed by atoms with Crippen LogP contribution in [0.4, 0.5) is 0 Å². The van der Waals surface area contributed by atoms with Gasteiger partial charge < -0.3 is 14.5 Å². The number of nitrogens with zero attached hydrogens (tertiary/aromatic N) is 2. The highest BCUT2D eigenvalue weighted by atomic mass is 79.9. The first-order valence-electron chi connectivity index (χ1n) is 9.83. The number of ether oxygens (including phenoxy) is 1. The molecule has 1 saturated carbocycles. The smallest absolute Gasteiger partial charge is 0.310 e. The molecule has 1 unspecified atom stereocenters. The zero-order chi connectivity index (χ0) is 20.3. The first-order valence-corrected chi connectivity index (χ1v) is 10.6. The lowest BCUT2D eigenvalue weighted by atomic mass is 9.94. The van der Waals surface area contributed by atoms with E-state index < -0.39 is 5.41 Å². The van der Waals surface area contributed by atoms with E-state index in [0.717, 1.165) is 35.7 Å². The minimum atomic E-state index is -0.506. The number of carbonyl (C=O) groups excluding carboxylic acids is 3. The second-order valence-corrected chi connectivity index (χ2v) is 8.60. The Labute approximate surface area is 174 Å². The Morgan fingerprint density at radius 3 is 2.71 bits per heavy atom. The van der Waals surface area contributed by atoms with Gasteiger partial charge in [0, 0.05) is 24.6 Å². The van der Waals surface area contributed by atoms with Crippen LogP contribution >= 0.6 is 15.9 Å². The highest BCUT2D eigenvalue weighted by Gasteiger charge is 2.52. The molecule has 3 rings (SSSR count). The number of hydrogen-bond acceptors (Lipinski definition) is 4. The fourth-order valence-corrected chi connectivity index (χ4v) is 4.33. The fourth-order valence-electron chi connectivity index (χ4n) is 3.93. The van der Waals surface area contributed by atoms with Crippen molar-refractivity contribution in [2.75, 3.05) is 33.3 Å². The number of benzene rings is 1. The van der Waals surface area contributed by atoms with E-state index in [2.05, 4.69) is 15.9 Å². The van der Waals surface area contributed by atoms with Gasteiger partial charge in [-0.25, -0.2) is 0 Å². The summed E-state index contributed by atoms with van der Waals surface area (Å²) >= 11 is 3.47. The molecule has 1 aliphatic carbocycles. The molecule has 1 atom stereocenters. The maximum atomic E-state index is 13.1. The summed E-state index contributed by atoms with van der Waals surface area (Å²) in [7, 11) is 1.69. The van der Waals surface area contributed by atoms with E-state index in [0.29, 0.717) is 19.7 Å². The van der Waals surface area contributed by atoms with Crippen molar-refractivity contribution >= 4 is 33.7 Å². The molecule has 2 fully saturated rings. The summed E-state index contributed by atoms with van der Waals surface area (Å²) in [6.45, 7) is 3.15. The number of amides is 2. The first kappa shape index (κ1) is 20.8. The number of likely N-dealkylation sites (N-methyl/N-ethyl adjacent to an activating group) is 1. The SMILES string of the molecule is CCOC(=O)C1CCCN(C(=O)CN(C)C(=O)C2(c3cccc(Br)c3)CC2)C1. The lowest BCUT2D eigenvalue weighted by molar-refractivity contribution is -0.152. The maximum Gasteiger partial charge on any atom is 0.310 e. The van der Waals surface area contributed by atoms with E-state index in [1.54, 1.807) is 18.9 Å². The number of likely N-dealkylation sites (tertiary alicyclic amines) is 1. The third-order valence-electron chi connectivity index (χ3n) is 5.65. The van der Waals surface area contributed by atoms with Gasteiger partial charge in [0.15, 0.2) is 0 Å². The Hall–Kier alpha value is -1.89. The molecular formula is C21H27BrN2O4. The van der Waals surface area contributed by atoms with Crippen molar-refractivity contribution in [3.63, 3.8) is 0 Å². The predicted molar refractivity (Wildman–Crippen MR) is 109 cm³/mol. The quantitative estimate of drug-likeness (QED) is 0.624. The van der Waals surface area contributed by atoms with Crippen molar-refractivity contribution < 1.29 is 19.1 Å². The van der Waals surface area contributed by atoms with Crippen molar-refractivity contribution in [1.29, 1.82) is 0 Å². The second-order valence-electron chi connectivity index (χ2n) is 7.68. The molecule has 1 heterocycles. The summed E-state index contributed by atoms with van der Waals surface area (Å²) in [5.74, 6) is -0.640. The van der Waals surface area contributed by atoms with Crippen molar-refractivity contribution in [2.45, 2.75) is 38.0 Å². The topological polar surface area (TPSA) is 66.9 Å². The van der Waals surface area contributed by atoms with E-state index in [1.165, 1.54) is 4.90 Å². The average molecular weight is 451 g/mol. The van der Waals surface area contributed by atoms with Crippen LogP contribution in [0.1, 0.15) is 38.2 Å². The summed E-state index contributed by atoms with van der Waals surface area (Å²) in [5, 5.41) is 0. The van der Waals surface area contributed by atoms with Crippen LogP contribution in [-0.2, 0) is 24.5 Å². The predicted octanol–water partition coefficient (Wildman–Crippen LogP) is 2.74. The molecule has 0 radical (unpaired) electrons. The van der Waals surface area contributed by atoms with E-state index in [9.17, 15) is 14.4 Å². The van der Waals surface area contributed by atoms with Gasteiger partial charge in [0.2, 0.25) is 11.8 Å². The zero-order valence-corrected chi connectivity index (χ0v) is 18.0. The molecule has 1 saturated heterocycles. The van der Waals surface area contributed by atoms with Gasteiger partial charge in [-0.3, -0.25) is 14.4 Å². The largest absolute Gasteiger partial charge is 0.466 e. The van der Waals surface area contributed by atoms with E-state index >= 15 is 0 Å². The Kier molecular flexibility index (Phi) is 6.43. The van der Waals surface area contributed by atoms with E-state index in [-0.39, 0.29) is 30.2 Å². The molecule has 1 aromatic rings. The number of halogens is 1. The van der Waals surface area contributed by atoms with Gasteiger partial charge >= 0.3 is 5.97 Å². The first-order chi connectivity index (χ1) is 13.4. The molecule has 6 nitrogen and oxygen atoms in total. The van der Waals surface area contributed by atoms with Crippen molar-refractivity contribution in [3.05, 3.63) is 34.3 Å². The minimum Gasteiger partial charge on any atom is -0.466 e. The molecule has 0 N–H and O–H groups in total.